The fourth-order valence-electron chi connectivity index (χ4n) is 2.02. The lowest BCUT2D eigenvalue weighted by Gasteiger charge is -2.08. The van der Waals surface area contributed by atoms with Gasteiger partial charge in [0.1, 0.15) is 5.56 Å². The second-order valence-corrected chi connectivity index (χ2v) is 5.73. The highest BCUT2D eigenvalue weighted by Crippen LogP contribution is 2.26. The SMILES string of the molecule is CSc1ccc([N+](=O)[O-])c(C(=O)Nc2ccc(NC(C)=O)cc2)c1. The van der Waals surface area contributed by atoms with Gasteiger partial charge in [-0.3, -0.25) is 19.7 Å². The predicted molar refractivity (Wildman–Crippen MR) is 93.6 cm³/mol. The summed E-state index contributed by atoms with van der Waals surface area (Å²) in [7, 11) is 0. The molecular formula is C16H15N3O4S. The van der Waals surface area contributed by atoms with Gasteiger partial charge in [-0.15, -0.1) is 11.8 Å². The second kappa shape index (κ2) is 7.60. The van der Waals surface area contributed by atoms with Crippen LogP contribution in [0.3, 0.4) is 0 Å². The summed E-state index contributed by atoms with van der Waals surface area (Å²) >= 11 is 1.39. The van der Waals surface area contributed by atoms with Crippen molar-refractivity contribution in [2.75, 3.05) is 16.9 Å². The third-order valence-electron chi connectivity index (χ3n) is 3.11. The number of nitro benzene ring substituents is 1. The third kappa shape index (κ3) is 4.32. The Morgan fingerprint density at radius 1 is 1.04 bits per heavy atom. The first-order chi connectivity index (χ1) is 11.4. The second-order valence-electron chi connectivity index (χ2n) is 4.85. The van der Waals surface area contributed by atoms with Crippen molar-refractivity contribution in [3.8, 4) is 0 Å². The normalized spacial score (nSPS) is 10.1. The Bertz CT molecular complexity index is 790. The zero-order valence-electron chi connectivity index (χ0n) is 13.0. The smallest absolute Gasteiger partial charge is 0.282 e. The molecule has 0 saturated carbocycles. The van der Waals surface area contributed by atoms with Crippen molar-refractivity contribution in [1.29, 1.82) is 0 Å². The van der Waals surface area contributed by atoms with Gasteiger partial charge in [0.2, 0.25) is 5.91 Å². The minimum atomic E-state index is -0.584. The van der Waals surface area contributed by atoms with Crippen molar-refractivity contribution < 1.29 is 14.5 Å². The number of carbonyl (C=O) groups excluding carboxylic acids is 2. The fraction of sp³-hybridized carbons (Fsp3) is 0.125. The maximum atomic E-state index is 12.4. The Morgan fingerprint density at radius 3 is 2.12 bits per heavy atom. The van der Waals surface area contributed by atoms with Gasteiger partial charge >= 0.3 is 0 Å². The Balaban J connectivity index is 2.23. The van der Waals surface area contributed by atoms with E-state index < -0.39 is 10.8 Å². The van der Waals surface area contributed by atoms with Gasteiger partial charge in [0.05, 0.1) is 4.92 Å². The summed E-state index contributed by atoms with van der Waals surface area (Å²) in [5.41, 5.74) is 0.812. The van der Waals surface area contributed by atoms with E-state index in [4.69, 9.17) is 0 Å². The number of rotatable bonds is 5. The molecule has 0 spiro atoms. The Morgan fingerprint density at radius 2 is 1.62 bits per heavy atom. The molecule has 0 fully saturated rings. The number of nitrogens with zero attached hydrogens (tertiary/aromatic N) is 1. The van der Waals surface area contributed by atoms with Gasteiger partial charge in [-0.05, 0) is 42.7 Å². The van der Waals surface area contributed by atoms with Crippen LogP contribution in [0.1, 0.15) is 17.3 Å². The van der Waals surface area contributed by atoms with Crippen LogP contribution in [0, 0.1) is 10.1 Å². The first-order valence-corrected chi connectivity index (χ1v) is 8.14. The van der Waals surface area contributed by atoms with Crippen molar-refractivity contribution in [3.63, 3.8) is 0 Å². The highest BCUT2D eigenvalue weighted by molar-refractivity contribution is 7.98. The fourth-order valence-corrected chi connectivity index (χ4v) is 2.46. The average molecular weight is 345 g/mol. The molecule has 0 aliphatic carbocycles. The molecule has 0 aliphatic heterocycles. The quantitative estimate of drug-likeness (QED) is 0.490. The monoisotopic (exact) mass is 345 g/mol. The van der Waals surface area contributed by atoms with E-state index in [0.717, 1.165) is 4.90 Å². The largest absolute Gasteiger partial charge is 0.326 e. The van der Waals surface area contributed by atoms with Crippen LogP contribution in [0.15, 0.2) is 47.4 Å². The lowest BCUT2D eigenvalue weighted by Crippen LogP contribution is -2.14. The summed E-state index contributed by atoms with van der Waals surface area (Å²) in [6, 6.07) is 10.9. The summed E-state index contributed by atoms with van der Waals surface area (Å²) < 4.78 is 0. The minimum Gasteiger partial charge on any atom is -0.326 e. The van der Waals surface area contributed by atoms with Gasteiger partial charge in [0.15, 0.2) is 0 Å². The van der Waals surface area contributed by atoms with Crippen molar-refractivity contribution in [3.05, 3.63) is 58.1 Å². The van der Waals surface area contributed by atoms with Gasteiger partial charge in [-0.25, -0.2) is 0 Å². The van der Waals surface area contributed by atoms with Crippen LogP contribution in [0.4, 0.5) is 17.1 Å². The number of benzene rings is 2. The molecule has 0 bridgehead atoms. The van der Waals surface area contributed by atoms with Crippen LogP contribution in [0.2, 0.25) is 0 Å². The lowest BCUT2D eigenvalue weighted by atomic mass is 10.1. The van der Waals surface area contributed by atoms with Gasteiger partial charge in [0.25, 0.3) is 11.6 Å². The van der Waals surface area contributed by atoms with Crippen molar-refractivity contribution in [2.24, 2.45) is 0 Å². The summed E-state index contributed by atoms with van der Waals surface area (Å²) in [4.78, 5) is 34.6. The maximum Gasteiger partial charge on any atom is 0.282 e. The topological polar surface area (TPSA) is 101 Å². The zero-order valence-corrected chi connectivity index (χ0v) is 13.8. The van der Waals surface area contributed by atoms with E-state index in [9.17, 15) is 19.7 Å². The molecule has 0 heterocycles. The van der Waals surface area contributed by atoms with E-state index in [1.165, 1.54) is 30.8 Å². The predicted octanol–water partition coefficient (Wildman–Crippen LogP) is 3.53. The molecule has 0 unspecified atom stereocenters. The number of hydrogen-bond acceptors (Lipinski definition) is 5. The van der Waals surface area contributed by atoms with Crippen LogP contribution < -0.4 is 10.6 Å². The molecule has 8 heteroatoms. The van der Waals surface area contributed by atoms with E-state index in [0.29, 0.717) is 11.4 Å². The first-order valence-electron chi connectivity index (χ1n) is 6.92. The van der Waals surface area contributed by atoms with Gasteiger partial charge in [-0.1, -0.05) is 0 Å². The highest BCUT2D eigenvalue weighted by Gasteiger charge is 2.20. The molecule has 2 amide bonds. The molecule has 24 heavy (non-hydrogen) atoms. The van der Waals surface area contributed by atoms with E-state index in [1.54, 1.807) is 30.3 Å². The Kier molecular flexibility index (Phi) is 5.54. The maximum absolute atomic E-state index is 12.4. The van der Waals surface area contributed by atoms with Gasteiger partial charge < -0.3 is 10.6 Å². The van der Waals surface area contributed by atoms with Crippen molar-refractivity contribution >= 4 is 40.6 Å². The molecule has 0 aliphatic rings. The summed E-state index contributed by atoms with van der Waals surface area (Å²) in [5, 5.41) is 16.3. The van der Waals surface area contributed by atoms with Gasteiger partial charge in [0, 0.05) is 29.3 Å². The summed E-state index contributed by atoms with van der Waals surface area (Å²) in [5.74, 6) is -0.763. The van der Waals surface area contributed by atoms with Crippen molar-refractivity contribution in [2.45, 2.75) is 11.8 Å². The van der Waals surface area contributed by atoms with E-state index in [1.807, 2.05) is 6.26 Å². The molecule has 124 valence electrons. The Hall–Kier alpha value is -2.87. The number of thioether (sulfide) groups is 1. The lowest BCUT2D eigenvalue weighted by molar-refractivity contribution is -0.385. The Labute approximate surface area is 142 Å². The number of carbonyl (C=O) groups is 2. The molecule has 0 aromatic heterocycles. The molecule has 2 aromatic carbocycles. The van der Waals surface area contributed by atoms with Crippen LogP contribution in [-0.2, 0) is 4.79 Å². The molecular weight excluding hydrogens is 330 g/mol. The number of nitro groups is 1. The summed E-state index contributed by atoms with van der Waals surface area (Å²) in [6.07, 6.45) is 1.82. The molecule has 0 radical (unpaired) electrons. The van der Waals surface area contributed by atoms with Crippen LogP contribution in [0.5, 0.6) is 0 Å². The van der Waals surface area contributed by atoms with E-state index in [-0.39, 0.29) is 17.2 Å². The standard InChI is InChI=1S/C16H15N3O4S/c1-10(20)17-11-3-5-12(6-4-11)18-16(21)14-9-13(24-2)7-8-15(14)19(22)23/h3-9H,1-2H3,(H,17,20)(H,18,21). The zero-order chi connectivity index (χ0) is 17.7. The minimum absolute atomic E-state index is 0.00205. The molecule has 2 aromatic rings. The number of amides is 2. The summed E-state index contributed by atoms with van der Waals surface area (Å²) in [6.45, 7) is 1.40. The number of anilines is 2. The number of hydrogen-bond donors (Lipinski definition) is 2. The first kappa shape index (κ1) is 17.5. The van der Waals surface area contributed by atoms with Crippen LogP contribution >= 0.6 is 11.8 Å². The molecule has 0 atom stereocenters. The van der Waals surface area contributed by atoms with Gasteiger partial charge in [-0.2, -0.15) is 0 Å². The highest BCUT2D eigenvalue weighted by atomic mass is 32.2. The average Bonchev–Trinajstić information content (AvgIpc) is 2.55. The van der Waals surface area contributed by atoms with Crippen LogP contribution in [-0.4, -0.2) is 23.0 Å². The molecule has 7 nitrogen and oxygen atoms in total. The molecule has 2 N–H and O–H groups in total. The molecule has 2 rings (SSSR count). The third-order valence-corrected chi connectivity index (χ3v) is 3.83. The molecule has 0 saturated heterocycles. The number of nitrogens with one attached hydrogen (secondary N) is 2. The van der Waals surface area contributed by atoms with E-state index in [2.05, 4.69) is 10.6 Å². The van der Waals surface area contributed by atoms with Crippen LogP contribution in [0.25, 0.3) is 0 Å². The van der Waals surface area contributed by atoms with E-state index >= 15 is 0 Å². The van der Waals surface area contributed by atoms with Crippen molar-refractivity contribution in [1.82, 2.24) is 0 Å².